The number of fused-ring (bicyclic) bond motifs is 5. The molecular weight excluding hydrogens is 381 g/mol. The first kappa shape index (κ1) is 19.6. The number of ether oxygens (including phenoxy) is 1. The van der Waals surface area contributed by atoms with Gasteiger partial charge in [-0.3, -0.25) is 9.98 Å². The highest BCUT2D eigenvalue weighted by atomic mass is 19.1. The molecule has 152 valence electrons. The molecule has 0 amide bonds. The zero-order valence-electron chi connectivity index (χ0n) is 16.6. The van der Waals surface area contributed by atoms with Crippen LogP contribution >= 0.6 is 0 Å². The molecule has 1 aliphatic rings. The molecule has 0 unspecified atom stereocenters. The quantitative estimate of drug-likeness (QED) is 0.646. The van der Waals surface area contributed by atoms with Gasteiger partial charge in [0, 0.05) is 42.0 Å². The number of nitrogens with two attached hydrogens (primary N) is 2. The molecule has 0 aliphatic carbocycles. The Morgan fingerprint density at radius 2 is 2.07 bits per heavy atom. The zero-order valence-corrected chi connectivity index (χ0v) is 16.6. The third kappa shape index (κ3) is 3.74. The Morgan fingerprint density at radius 1 is 1.20 bits per heavy atom. The molecular formula is C23H22FN5O. The molecule has 0 spiro atoms. The summed E-state index contributed by atoms with van der Waals surface area (Å²) in [7, 11) is 0. The highest BCUT2D eigenvalue weighted by Gasteiger charge is 2.19. The van der Waals surface area contributed by atoms with Gasteiger partial charge in [-0.1, -0.05) is 6.07 Å². The molecule has 1 aliphatic heterocycles. The third-order valence-corrected chi connectivity index (χ3v) is 4.95. The van der Waals surface area contributed by atoms with Gasteiger partial charge < -0.3 is 16.2 Å². The van der Waals surface area contributed by atoms with E-state index >= 15 is 0 Å². The standard InChI is InChI=1S/C23H22FN5O/c1-2-27-21-15(11-25)8-14-4-3-7-28-22(14)19-6-5-18(24)9-17(19)13-30-20-10-16(21)12-29-23(20)26/h3-7,9-12H,2,8,13,25H2,1H3,(H2,26,29). The van der Waals surface area contributed by atoms with Gasteiger partial charge in [0.25, 0.3) is 0 Å². The molecule has 2 aromatic heterocycles. The van der Waals surface area contributed by atoms with E-state index in [2.05, 4.69) is 15.0 Å². The van der Waals surface area contributed by atoms with Crippen molar-refractivity contribution < 1.29 is 9.13 Å². The number of allylic oxidation sites excluding steroid dienone is 1. The summed E-state index contributed by atoms with van der Waals surface area (Å²) in [6.07, 6.45) is 5.44. The second kappa shape index (κ2) is 8.32. The Labute approximate surface area is 174 Å². The van der Waals surface area contributed by atoms with Crippen LogP contribution in [0.15, 0.2) is 65.6 Å². The van der Waals surface area contributed by atoms with Gasteiger partial charge in [-0.25, -0.2) is 9.37 Å². The predicted octanol–water partition coefficient (Wildman–Crippen LogP) is 3.65. The Morgan fingerprint density at radius 3 is 2.87 bits per heavy atom. The van der Waals surface area contributed by atoms with Crippen LogP contribution in [0.5, 0.6) is 5.75 Å². The van der Waals surface area contributed by atoms with Crippen molar-refractivity contribution in [1.82, 2.24) is 9.97 Å². The summed E-state index contributed by atoms with van der Waals surface area (Å²) in [6.45, 7) is 2.66. The van der Waals surface area contributed by atoms with Crippen molar-refractivity contribution >= 4 is 11.5 Å². The maximum absolute atomic E-state index is 14.0. The fourth-order valence-electron chi connectivity index (χ4n) is 3.56. The lowest BCUT2D eigenvalue weighted by atomic mass is 9.93. The summed E-state index contributed by atoms with van der Waals surface area (Å²) in [6, 6.07) is 10.3. The summed E-state index contributed by atoms with van der Waals surface area (Å²) in [4.78, 5) is 13.5. The molecule has 0 radical (unpaired) electrons. The molecule has 1 aromatic carbocycles. The first-order chi connectivity index (χ1) is 14.6. The molecule has 4 rings (SSSR count). The average molecular weight is 403 g/mol. The minimum atomic E-state index is -0.346. The maximum Gasteiger partial charge on any atom is 0.166 e. The van der Waals surface area contributed by atoms with E-state index in [-0.39, 0.29) is 18.2 Å². The molecule has 2 bridgehead atoms. The van der Waals surface area contributed by atoms with Gasteiger partial charge in [0.05, 0.1) is 11.4 Å². The first-order valence-electron chi connectivity index (χ1n) is 9.67. The summed E-state index contributed by atoms with van der Waals surface area (Å²) in [5, 5.41) is 0. The fraction of sp³-hybridized carbons (Fsp3) is 0.174. The van der Waals surface area contributed by atoms with Crippen LogP contribution in [0.3, 0.4) is 0 Å². The monoisotopic (exact) mass is 403 g/mol. The number of aliphatic imine (C=N–C) groups is 1. The van der Waals surface area contributed by atoms with Crippen molar-refractivity contribution in [3.63, 3.8) is 0 Å². The Kier molecular flexibility index (Phi) is 5.43. The smallest absolute Gasteiger partial charge is 0.166 e. The normalized spacial score (nSPS) is 16.2. The van der Waals surface area contributed by atoms with Gasteiger partial charge in [-0.2, -0.15) is 0 Å². The number of pyridine rings is 2. The molecule has 6 nitrogen and oxygen atoms in total. The lowest BCUT2D eigenvalue weighted by molar-refractivity contribution is 0.306. The molecule has 0 fully saturated rings. The van der Waals surface area contributed by atoms with Crippen LogP contribution in [0.2, 0.25) is 0 Å². The Balaban J connectivity index is 1.96. The molecule has 4 N–H and O–H groups in total. The average Bonchev–Trinajstić information content (AvgIpc) is 2.75. The number of anilines is 1. The van der Waals surface area contributed by atoms with Crippen LogP contribution < -0.4 is 16.2 Å². The van der Waals surface area contributed by atoms with Crippen LogP contribution in [0.25, 0.3) is 11.3 Å². The highest BCUT2D eigenvalue weighted by molar-refractivity contribution is 6.13. The largest absolute Gasteiger partial charge is 0.485 e. The number of benzene rings is 1. The van der Waals surface area contributed by atoms with E-state index in [1.165, 1.54) is 12.1 Å². The van der Waals surface area contributed by atoms with Gasteiger partial charge >= 0.3 is 0 Å². The molecule has 3 heterocycles. The minimum absolute atomic E-state index is 0.123. The van der Waals surface area contributed by atoms with Crippen molar-refractivity contribution in [2.45, 2.75) is 20.0 Å². The van der Waals surface area contributed by atoms with E-state index in [4.69, 9.17) is 16.2 Å². The van der Waals surface area contributed by atoms with Gasteiger partial charge in [0.2, 0.25) is 0 Å². The van der Waals surface area contributed by atoms with E-state index in [1.807, 2.05) is 19.1 Å². The van der Waals surface area contributed by atoms with Crippen LogP contribution in [-0.2, 0) is 13.0 Å². The van der Waals surface area contributed by atoms with Crippen molar-refractivity contribution in [1.29, 1.82) is 0 Å². The van der Waals surface area contributed by atoms with E-state index < -0.39 is 0 Å². The van der Waals surface area contributed by atoms with Gasteiger partial charge in [0.15, 0.2) is 11.6 Å². The van der Waals surface area contributed by atoms with Crippen molar-refractivity contribution in [2.24, 2.45) is 10.7 Å². The Hall–Kier alpha value is -3.74. The van der Waals surface area contributed by atoms with E-state index in [1.54, 1.807) is 30.7 Å². The van der Waals surface area contributed by atoms with Crippen molar-refractivity contribution in [3.05, 3.63) is 83.1 Å². The highest BCUT2D eigenvalue weighted by Crippen LogP contribution is 2.31. The van der Waals surface area contributed by atoms with Crippen LogP contribution in [0, 0.1) is 5.82 Å². The number of rotatable bonds is 1. The first-order valence-corrected chi connectivity index (χ1v) is 9.67. The lowest BCUT2D eigenvalue weighted by Gasteiger charge is -2.19. The number of nitrogens with zero attached hydrogens (tertiary/aromatic N) is 3. The van der Waals surface area contributed by atoms with E-state index in [0.717, 1.165) is 33.7 Å². The van der Waals surface area contributed by atoms with Crippen LogP contribution in [0.1, 0.15) is 23.6 Å². The second-order valence-corrected chi connectivity index (χ2v) is 6.90. The topological polar surface area (TPSA) is 99.4 Å². The molecule has 30 heavy (non-hydrogen) atoms. The zero-order chi connectivity index (χ0) is 21.1. The predicted molar refractivity (Wildman–Crippen MR) is 116 cm³/mol. The SMILES string of the molecule is CCN=C1C(=CN)Cc2cccnc2-c2ccc(F)cc2COc2cc1cnc2N. The van der Waals surface area contributed by atoms with E-state index in [0.29, 0.717) is 24.3 Å². The van der Waals surface area contributed by atoms with Crippen molar-refractivity contribution in [2.75, 3.05) is 12.3 Å². The second-order valence-electron chi connectivity index (χ2n) is 6.90. The van der Waals surface area contributed by atoms with Gasteiger partial charge in [-0.15, -0.1) is 0 Å². The molecule has 0 saturated heterocycles. The van der Waals surface area contributed by atoms with Gasteiger partial charge in [0.1, 0.15) is 12.4 Å². The summed E-state index contributed by atoms with van der Waals surface area (Å²) >= 11 is 0. The van der Waals surface area contributed by atoms with Crippen LogP contribution in [0.4, 0.5) is 10.2 Å². The van der Waals surface area contributed by atoms with Crippen molar-refractivity contribution in [3.8, 4) is 17.0 Å². The van der Waals surface area contributed by atoms with Crippen LogP contribution in [-0.4, -0.2) is 22.2 Å². The summed E-state index contributed by atoms with van der Waals surface area (Å²) in [5.74, 6) is 0.313. The molecule has 0 saturated carbocycles. The number of halogens is 1. The lowest BCUT2D eigenvalue weighted by Crippen LogP contribution is -2.14. The minimum Gasteiger partial charge on any atom is -0.485 e. The number of nitrogen functional groups attached to an aromatic ring is 1. The number of aromatic nitrogens is 2. The van der Waals surface area contributed by atoms with E-state index in [9.17, 15) is 4.39 Å². The summed E-state index contributed by atoms with van der Waals surface area (Å²) < 4.78 is 20.0. The fourth-order valence-corrected chi connectivity index (χ4v) is 3.56. The van der Waals surface area contributed by atoms with Gasteiger partial charge in [-0.05, 0) is 54.6 Å². The maximum atomic E-state index is 14.0. The number of hydrogen-bond acceptors (Lipinski definition) is 6. The molecule has 7 heteroatoms. The summed E-state index contributed by atoms with van der Waals surface area (Å²) in [5.41, 5.74) is 17.5. The molecule has 0 atom stereocenters. The number of hydrogen-bond donors (Lipinski definition) is 2. The molecule has 3 aromatic rings. The third-order valence-electron chi connectivity index (χ3n) is 4.95. The Bertz CT molecular complexity index is 1160.